The normalized spacial score (nSPS) is 22.0. The molecule has 0 spiro atoms. The predicted octanol–water partition coefficient (Wildman–Crippen LogP) is 3.32. The van der Waals surface area contributed by atoms with E-state index in [0.29, 0.717) is 5.56 Å². The summed E-state index contributed by atoms with van der Waals surface area (Å²) in [5.74, 6) is -0.550. The van der Waals surface area contributed by atoms with Crippen LogP contribution in [-0.4, -0.2) is 42.8 Å². The van der Waals surface area contributed by atoms with Crippen molar-refractivity contribution in [3.8, 4) is 0 Å². The molecule has 0 bridgehead atoms. The van der Waals surface area contributed by atoms with E-state index in [9.17, 15) is 9.59 Å². The van der Waals surface area contributed by atoms with Gasteiger partial charge in [0.05, 0.1) is 0 Å². The first-order valence-electron chi connectivity index (χ1n) is 9.19. The summed E-state index contributed by atoms with van der Waals surface area (Å²) in [6.45, 7) is 5.91. The summed E-state index contributed by atoms with van der Waals surface area (Å²) in [5.41, 5.74) is 4.84. The number of benzene rings is 2. The lowest BCUT2D eigenvalue weighted by molar-refractivity contribution is -0.115. The molecule has 2 aliphatic rings. The highest BCUT2D eigenvalue weighted by Crippen LogP contribution is 2.45. The Morgan fingerprint density at radius 2 is 1.69 bits per heavy atom. The Kier molecular flexibility index (Phi) is 4.16. The van der Waals surface area contributed by atoms with Crippen LogP contribution >= 0.6 is 0 Å². The van der Waals surface area contributed by atoms with Crippen molar-refractivity contribution in [2.24, 2.45) is 0 Å². The maximum Gasteiger partial charge on any atom is 0.299 e. The molecule has 0 radical (unpaired) electrons. The number of amides is 1. The van der Waals surface area contributed by atoms with Crippen LogP contribution in [0, 0.1) is 13.8 Å². The molecule has 134 valence electrons. The third-order valence-electron chi connectivity index (χ3n) is 5.68. The Hall–Kier alpha value is -2.46. The van der Waals surface area contributed by atoms with E-state index in [1.54, 1.807) is 17.0 Å². The quantitative estimate of drug-likeness (QED) is 0.617. The van der Waals surface area contributed by atoms with E-state index >= 15 is 0 Å². The van der Waals surface area contributed by atoms with Crippen LogP contribution in [0.5, 0.6) is 0 Å². The van der Waals surface area contributed by atoms with Gasteiger partial charge in [0.25, 0.3) is 11.7 Å². The molecule has 4 rings (SSSR count). The summed E-state index contributed by atoms with van der Waals surface area (Å²) < 4.78 is 0. The fraction of sp³-hybridized carbons (Fsp3) is 0.364. The zero-order chi connectivity index (χ0) is 18.4. The predicted molar refractivity (Wildman–Crippen MR) is 103 cm³/mol. The second-order valence-corrected chi connectivity index (χ2v) is 7.66. The average Bonchev–Trinajstić information content (AvgIpc) is 2.94. The third-order valence-corrected chi connectivity index (χ3v) is 5.68. The van der Waals surface area contributed by atoms with Crippen molar-refractivity contribution in [2.45, 2.75) is 32.2 Å². The molecule has 1 amide bonds. The van der Waals surface area contributed by atoms with Crippen LogP contribution in [0.25, 0.3) is 0 Å². The highest BCUT2D eigenvalue weighted by atomic mass is 16.2. The van der Waals surface area contributed by atoms with Gasteiger partial charge in [-0.05, 0) is 45.5 Å². The monoisotopic (exact) mass is 348 g/mol. The number of likely N-dealkylation sites (tertiary alicyclic amines) is 1. The number of rotatable bonds is 2. The van der Waals surface area contributed by atoms with E-state index in [4.69, 9.17) is 0 Å². The number of carbonyl (C=O) groups is 2. The molecule has 2 atom stereocenters. The molecule has 0 aliphatic carbocycles. The molecule has 2 aliphatic heterocycles. The molecule has 1 fully saturated rings. The fourth-order valence-electron chi connectivity index (χ4n) is 4.28. The number of piperidine rings is 1. The van der Waals surface area contributed by atoms with Crippen LogP contribution in [-0.2, 0) is 4.79 Å². The van der Waals surface area contributed by atoms with Crippen molar-refractivity contribution >= 4 is 17.4 Å². The van der Waals surface area contributed by atoms with Crippen LogP contribution in [0.15, 0.2) is 42.5 Å². The molecule has 2 heterocycles. The molecule has 0 aromatic heterocycles. The first-order valence-corrected chi connectivity index (χ1v) is 9.19. The zero-order valence-electron chi connectivity index (χ0n) is 15.5. The average molecular weight is 348 g/mol. The second-order valence-electron chi connectivity index (χ2n) is 7.66. The van der Waals surface area contributed by atoms with Gasteiger partial charge in [-0.25, -0.2) is 0 Å². The van der Waals surface area contributed by atoms with Gasteiger partial charge in [0.1, 0.15) is 0 Å². The van der Waals surface area contributed by atoms with Crippen molar-refractivity contribution in [1.82, 2.24) is 4.90 Å². The summed E-state index contributed by atoms with van der Waals surface area (Å²) >= 11 is 0. The van der Waals surface area contributed by atoms with Crippen LogP contribution < -0.4 is 4.90 Å². The molecule has 0 unspecified atom stereocenters. The Bertz CT molecular complexity index is 872. The van der Waals surface area contributed by atoms with E-state index in [2.05, 4.69) is 24.9 Å². The lowest BCUT2D eigenvalue weighted by atomic mass is 9.88. The summed E-state index contributed by atoms with van der Waals surface area (Å²) in [7, 11) is 2.12. The minimum atomic E-state index is -0.420. The van der Waals surface area contributed by atoms with Gasteiger partial charge in [0.2, 0.25) is 0 Å². The number of fused-ring (bicyclic) bond motifs is 3. The Balaban J connectivity index is 1.72. The van der Waals surface area contributed by atoms with Crippen LogP contribution in [0.4, 0.5) is 5.69 Å². The van der Waals surface area contributed by atoms with Gasteiger partial charge in [-0.15, -0.1) is 0 Å². The first-order chi connectivity index (χ1) is 12.5. The second kappa shape index (κ2) is 6.36. The lowest BCUT2D eigenvalue weighted by Crippen LogP contribution is -2.49. The molecule has 4 heteroatoms. The van der Waals surface area contributed by atoms with Crippen molar-refractivity contribution in [2.75, 3.05) is 25.0 Å². The standard InChI is InChI=1S/C22H24N2O2/c1-14-4-7-16(8-5-14)21(25)22(26)24-19-9-6-15(2)12-17(19)18-13-23(3)11-10-20(18)24/h4-9,12,18,20H,10-11,13H2,1-3H3/t18-,20-/m0/s1. The van der Waals surface area contributed by atoms with E-state index in [1.807, 2.05) is 31.2 Å². The van der Waals surface area contributed by atoms with Crippen LogP contribution in [0.3, 0.4) is 0 Å². The van der Waals surface area contributed by atoms with E-state index < -0.39 is 11.7 Å². The zero-order valence-corrected chi connectivity index (χ0v) is 15.5. The third kappa shape index (κ3) is 2.74. The maximum atomic E-state index is 13.2. The van der Waals surface area contributed by atoms with Crippen LogP contribution in [0.1, 0.15) is 39.4 Å². The van der Waals surface area contributed by atoms with E-state index in [-0.39, 0.29) is 12.0 Å². The molecule has 4 nitrogen and oxygen atoms in total. The number of nitrogens with zero attached hydrogens (tertiary/aromatic N) is 2. The number of ketones is 1. The number of hydrogen-bond acceptors (Lipinski definition) is 3. The fourth-order valence-corrected chi connectivity index (χ4v) is 4.28. The van der Waals surface area contributed by atoms with E-state index in [0.717, 1.165) is 30.8 Å². The van der Waals surface area contributed by atoms with Gasteiger partial charge in [-0.2, -0.15) is 0 Å². The summed E-state index contributed by atoms with van der Waals surface area (Å²) in [6, 6.07) is 13.5. The topological polar surface area (TPSA) is 40.6 Å². The summed E-state index contributed by atoms with van der Waals surface area (Å²) in [5, 5.41) is 0. The first kappa shape index (κ1) is 17.0. The smallest absolute Gasteiger partial charge is 0.299 e. The number of Topliss-reactive ketones (excluding diaryl/α,β-unsaturated/α-hetero) is 1. The maximum absolute atomic E-state index is 13.2. The Morgan fingerprint density at radius 1 is 1.00 bits per heavy atom. The number of aryl methyl sites for hydroxylation is 2. The van der Waals surface area contributed by atoms with Crippen molar-refractivity contribution in [3.05, 3.63) is 64.7 Å². The van der Waals surface area contributed by atoms with Gasteiger partial charge in [-0.3, -0.25) is 9.59 Å². The summed E-state index contributed by atoms with van der Waals surface area (Å²) in [6.07, 6.45) is 0.891. The van der Waals surface area contributed by atoms with Crippen LogP contribution in [0.2, 0.25) is 0 Å². The van der Waals surface area contributed by atoms with Crippen molar-refractivity contribution in [3.63, 3.8) is 0 Å². The molecule has 0 saturated carbocycles. The summed E-state index contributed by atoms with van der Waals surface area (Å²) in [4.78, 5) is 30.1. The molecule has 2 aromatic carbocycles. The highest BCUT2D eigenvalue weighted by molar-refractivity contribution is 6.47. The highest BCUT2D eigenvalue weighted by Gasteiger charge is 2.45. The van der Waals surface area contributed by atoms with Crippen molar-refractivity contribution < 1.29 is 9.59 Å². The Morgan fingerprint density at radius 3 is 2.42 bits per heavy atom. The number of likely N-dealkylation sites (N-methyl/N-ethyl adjacent to an activating group) is 1. The van der Waals surface area contributed by atoms with Gasteiger partial charge in [-0.1, -0.05) is 47.5 Å². The number of carbonyl (C=O) groups excluding carboxylic acids is 2. The largest absolute Gasteiger partial charge is 0.306 e. The van der Waals surface area contributed by atoms with Gasteiger partial charge in [0.15, 0.2) is 0 Å². The molecule has 1 saturated heterocycles. The van der Waals surface area contributed by atoms with Gasteiger partial charge < -0.3 is 9.80 Å². The van der Waals surface area contributed by atoms with Crippen molar-refractivity contribution in [1.29, 1.82) is 0 Å². The Labute approximate surface area is 154 Å². The SMILES string of the molecule is Cc1ccc(C(=O)C(=O)N2c3ccc(C)cc3[C@@H]3CN(C)CC[C@@H]32)cc1. The van der Waals surface area contributed by atoms with Gasteiger partial charge in [0, 0.05) is 29.8 Å². The molecular weight excluding hydrogens is 324 g/mol. The minimum absolute atomic E-state index is 0.0740. The molecule has 26 heavy (non-hydrogen) atoms. The molecule has 2 aromatic rings. The number of hydrogen-bond donors (Lipinski definition) is 0. The molecular formula is C22H24N2O2. The lowest BCUT2D eigenvalue weighted by Gasteiger charge is -2.36. The number of anilines is 1. The molecule has 0 N–H and O–H groups in total. The van der Waals surface area contributed by atoms with Gasteiger partial charge >= 0.3 is 0 Å². The van der Waals surface area contributed by atoms with E-state index in [1.165, 1.54) is 11.1 Å². The minimum Gasteiger partial charge on any atom is -0.306 e.